The number of hydrogen-bond donors (Lipinski definition) is 0. The molecule has 0 saturated heterocycles. The quantitative estimate of drug-likeness (QED) is 0.514. The Morgan fingerprint density at radius 3 is 2.75 bits per heavy atom. The summed E-state index contributed by atoms with van der Waals surface area (Å²) in [6.07, 6.45) is 1.83. The van der Waals surface area contributed by atoms with E-state index in [0.29, 0.717) is 32.3 Å². The molecule has 1 rings (SSSR count). The molecule has 0 heterocycles. The maximum Gasteiger partial charge on any atom is 0.0718 e. The van der Waals surface area contributed by atoms with E-state index in [2.05, 4.69) is 12.6 Å². The fourth-order valence-corrected chi connectivity index (χ4v) is 1.38. The number of halogens is 1. The van der Waals surface area contributed by atoms with E-state index in [4.69, 9.17) is 21.1 Å². The van der Waals surface area contributed by atoms with Gasteiger partial charge in [-0.2, -0.15) is 0 Å². The van der Waals surface area contributed by atoms with Gasteiger partial charge in [0.2, 0.25) is 0 Å². The van der Waals surface area contributed by atoms with Crippen LogP contribution in [0.2, 0.25) is 0 Å². The number of ether oxygens (including phenoxy) is 2. The minimum Gasteiger partial charge on any atom is -0.378 e. The van der Waals surface area contributed by atoms with Gasteiger partial charge in [0.25, 0.3) is 0 Å². The van der Waals surface area contributed by atoms with E-state index < -0.39 is 0 Å². The lowest BCUT2D eigenvalue weighted by molar-refractivity contribution is 0.0459. The molecule has 0 aliphatic heterocycles. The van der Waals surface area contributed by atoms with E-state index in [-0.39, 0.29) is 0 Å². The van der Waals surface area contributed by atoms with Crippen LogP contribution in [0.25, 0.3) is 6.08 Å². The van der Waals surface area contributed by atoms with Gasteiger partial charge in [0.05, 0.1) is 26.4 Å². The molecule has 2 nitrogen and oxygen atoms in total. The van der Waals surface area contributed by atoms with Gasteiger partial charge in [-0.15, -0.1) is 11.6 Å². The average Bonchev–Trinajstić information content (AvgIpc) is 2.34. The van der Waals surface area contributed by atoms with Crippen molar-refractivity contribution in [3.63, 3.8) is 0 Å². The monoisotopic (exact) mass is 240 g/mol. The molecular weight excluding hydrogens is 224 g/mol. The zero-order chi connectivity index (χ0) is 11.6. The minimum atomic E-state index is 0.529. The van der Waals surface area contributed by atoms with Crippen molar-refractivity contribution in [2.45, 2.75) is 6.61 Å². The van der Waals surface area contributed by atoms with Gasteiger partial charge in [0, 0.05) is 5.88 Å². The smallest absolute Gasteiger partial charge is 0.0718 e. The predicted molar refractivity (Wildman–Crippen MR) is 67.7 cm³/mol. The molecule has 0 spiro atoms. The zero-order valence-corrected chi connectivity index (χ0v) is 10.1. The highest BCUT2D eigenvalue weighted by atomic mass is 35.5. The topological polar surface area (TPSA) is 18.5 Å². The van der Waals surface area contributed by atoms with E-state index in [0.717, 1.165) is 11.1 Å². The largest absolute Gasteiger partial charge is 0.378 e. The van der Waals surface area contributed by atoms with Crippen LogP contribution in [0.5, 0.6) is 0 Å². The van der Waals surface area contributed by atoms with Gasteiger partial charge in [-0.25, -0.2) is 0 Å². The highest BCUT2D eigenvalue weighted by Crippen LogP contribution is 2.07. The summed E-state index contributed by atoms with van der Waals surface area (Å²) >= 11 is 5.47. The second kappa shape index (κ2) is 8.34. The van der Waals surface area contributed by atoms with Crippen LogP contribution in [0.3, 0.4) is 0 Å². The molecule has 3 heteroatoms. The molecule has 0 amide bonds. The maximum atomic E-state index is 5.47. The summed E-state index contributed by atoms with van der Waals surface area (Å²) in [7, 11) is 0. The van der Waals surface area contributed by atoms with Crippen LogP contribution < -0.4 is 0 Å². The van der Waals surface area contributed by atoms with Crippen LogP contribution in [0.4, 0.5) is 0 Å². The molecule has 16 heavy (non-hydrogen) atoms. The molecule has 0 aliphatic rings. The van der Waals surface area contributed by atoms with Gasteiger partial charge in [-0.05, 0) is 17.2 Å². The molecule has 1 aromatic rings. The SMILES string of the molecule is C=Cc1cccc(COCCOCCCl)c1. The summed E-state index contributed by atoms with van der Waals surface area (Å²) in [4.78, 5) is 0. The van der Waals surface area contributed by atoms with E-state index in [9.17, 15) is 0 Å². The van der Waals surface area contributed by atoms with Crippen LogP contribution in [-0.4, -0.2) is 25.7 Å². The zero-order valence-electron chi connectivity index (χ0n) is 9.32. The van der Waals surface area contributed by atoms with Crippen molar-refractivity contribution in [2.24, 2.45) is 0 Å². The number of hydrogen-bond acceptors (Lipinski definition) is 2. The van der Waals surface area contributed by atoms with E-state index in [1.165, 1.54) is 0 Å². The summed E-state index contributed by atoms with van der Waals surface area (Å²) in [5, 5.41) is 0. The van der Waals surface area contributed by atoms with Gasteiger partial charge in [-0.1, -0.05) is 30.9 Å². The maximum absolute atomic E-state index is 5.47. The molecule has 0 N–H and O–H groups in total. The summed E-state index contributed by atoms with van der Waals surface area (Å²) in [6.45, 7) is 6.10. The Morgan fingerprint density at radius 1 is 1.19 bits per heavy atom. The lowest BCUT2D eigenvalue weighted by Crippen LogP contribution is -2.05. The van der Waals surface area contributed by atoms with Crippen molar-refractivity contribution in [2.75, 3.05) is 25.7 Å². The first-order valence-corrected chi connectivity index (χ1v) is 5.83. The van der Waals surface area contributed by atoms with Crippen molar-refractivity contribution < 1.29 is 9.47 Å². The Balaban J connectivity index is 2.18. The fraction of sp³-hybridized carbons (Fsp3) is 0.385. The molecule has 88 valence electrons. The molecule has 0 radical (unpaired) electrons. The highest BCUT2D eigenvalue weighted by molar-refractivity contribution is 6.17. The Kier molecular flexibility index (Phi) is 6.90. The molecular formula is C13H17ClO2. The van der Waals surface area contributed by atoms with E-state index in [1.807, 2.05) is 24.3 Å². The first kappa shape index (κ1) is 13.2. The Bertz CT molecular complexity index is 313. The lowest BCUT2D eigenvalue weighted by Gasteiger charge is -2.05. The molecule has 0 atom stereocenters. The standard InChI is InChI=1S/C13H17ClO2/c1-2-12-4-3-5-13(10-12)11-16-9-8-15-7-6-14/h2-5,10H,1,6-9,11H2. The van der Waals surface area contributed by atoms with Crippen LogP contribution in [0, 0.1) is 0 Å². The third-order valence-corrected chi connectivity index (χ3v) is 2.20. The fourth-order valence-electron chi connectivity index (χ4n) is 1.27. The number of benzene rings is 1. The first-order chi connectivity index (χ1) is 7.86. The summed E-state index contributed by atoms with van der Waals surface area (Å²) < 4.78 is 10.7. The molecule has 0 saturated carbocycles. The number of rotatable bonds is 8. The first-order valence-electron chi connectivity index (χ1n) is 5.29. The Hall–Kier alpha value is -0.830. The van der Waals surface area contributed by atoms with Crippen LogP contribution in [0.15, 0.2) is 30.8 Å². The van der Waals surface area contributed by atoms with Gasteiger partial charge >= 0.3 is 0 Å². The summed E-state index contributed by atoms with van der Waals surface area (Å²) in [5.41, 5.74) is 2.26. The van der Waals surface area contributed by atoms with Gasteiger partial charge in [-0.3, -0.25) is 0 Å². The van der Waals surface area contributed by atoms with Crippen LogP contribution in [-0.2, 0) is 16.1 Å². The van der Waals surface area contributed by atoms with Crippen molar-refractivity contribution in [3.8, 4) is 0 Å². The number of alkyl halides is 1. The van der Waals surface area contributed by atoms with Gasteiger partial charge < -0.3 is 9.47 Å². The molecule has 0 aliphatic carbocycles. The third-order valence-electron chi connectivity index (χ3n) is 2.05. The average molecular weight is 241 g/mol. The van der Waals surface area contributed by atoms with Crippen LogP contribution >= 0.6 is 11.6 Å². The third kappa shape index (κ3) is 5.31. The molecule has 0 aromatic heterocycles. The molecule has 0 unspecified atom stereocenters. The Labute approximate surface area is 102 Å². The molecule has 0 bridgehead atoms. The molecule has 0 fully saturated rings. The van der Waals surface area contributed by atoms with E-state index >= 15 is 0 Å². The minimum absolute atomic E-state index is 0.529. The van der Waals surface area contributed by atoms with Crippen LogP contribution in [0.1, 0.15) is 11.1 Å². The highest BCUT2D eigenvalue weighted by Gasteiger charge is 1.94. The molecule has 1 aromatic carbocycles. The van der Waals surface area contributed by atoms with Gasteiger partial charge in [0.1, 0.15) is 0 Å². The second-order valence-corrected chi connectivity index (χ2v) is 3.68. The second-order valence-electron chi connectivity index (χ2n) is 3.30. The predicted octanol–water partition coefficient (Wildman–Crippen LogP) is 3.10. The van der Waals surface area contributed by atoms with Crippen molar-refractivity contribution in [1.29, 1.82) is 0 Å². The summed E-state index contributed by atoms with van der Waals surface area (Å²) in [5.74, 6) is 0.529. The van der Waals surface area contributed by atoms with Crippen molar-refractivity contribution in [3.05, 3.63) is 42.0 Å². The van der Waals surface area contributed by atoms with Crippen molar-refractivity contribution >= 4 is 17.7 Å². The normalized spacial score (nSPS) is 10.3. The van der Waals surface area contributed by atoms with E-state index in [1.54, 1.807) is 0 Å². The van der Waals surface area contributed by atoms with Crippen molar-refractivity contribution in [1.82, 2.24) is 0 Å². The van der Waals surface area contributed by atoms with Gasteiger partial charge in [0.15, 0.2) is 0 Å². The summed E-state index contributed by atoms with van der Waals surface area (Å²) in [6, 6.07) is 8.11. The lowest BCUT2D eigenvalue weighted by atomic mass is 10.1. The Morgan fingerprint density at radius 2 is 2.00 bits per heavy atom.